The van der Waals surface area contributed by atoms with E-state index >= 15 is 0 Å². The van der Waals surface area contributed by atoms with Gasteiger partial charge in [0.05, 0.1) is 6.04 Å². The highest BCUT2D eigenvalue weighted by molar-refractivity contribution is 5.91. The number of ether oxygens (including phenoxy) is 2. The van der Waals surface area contributed by atoms with Gasteiger partial charge in [-0.1, -0.05) is 48.5 Å². The number of carbonyl (C=O) groups excluding carboxylic acids is 2. The molecule has 0 bridgehead atoms. The van der Waals surface area contributed by atoms with E-state index in [-0.39, 0.29) is 25.0 Å². The van der Waals surface area contributed by atoms with Crippen LogP contribution in [0.25, 0.3) is 11.1 Å². The lowest BCUT2D eigenvalue weighted by molar-refractivity contribution is -0.148. The van der Waals surface area contributed by atoms with Crippen molar-refractivity contribution in [2.45, 2.75) is 49.3 Å². The molecule has 0 radical (unpaired) electrons. The molecule has 2 amide bonds. The molecule has 1 saturated carbocycles. The van der Waals surface area contributed by atoms with Crippen LogP contribution < -0.4 is 10.6 Å². The molecule has 0 unspecified atom stereocenters. The van der Waals surface area contributed by atoms with Crippen LogP contribution in [-0.4, -0.2) is 54.0 Å². The Morgan fingerprint density at radius 1 is 1.03 bits per heavy atom. The molecule has 172 valence electrons. The molecule has 5 rings (SSSR count). The van der Waals surface area contributed by atoms with Crippen LogP contribution in [0.1, 0.15) is 42.7 Å². The second-order valence-corrected chi connectivity index (χ2v) is 8.88. The molecule has 0 spiro atoms. The van der Waals surface area contributed by atoms with Gasteiger partial charge in [-0.05, 0) is 47.9 Å². The molecular weight excluding hydrogens is 424 g/mol. The van der Waals surface area contributed by atoms with Crippen molar-refractivity contribution >= 4 is 18.0 Å². The highest BCUT2D eigenvalue weighted by Crippen LogP contribution is 2.44. The first kappa shape index (κ1) is 21.5. The minimum atomic E-state index is -1.11. The Hall–Kier alpha value is -3.39. The summed E-state index contributed by atoms with van der Waals surface area (Å²) in [6.45, 7) is 0.434. The Balaban J connectivity index is 1.23. The molecule has 2 aromatic carbocycles. The summed E-state index contributed by atoms with van der Waals surface area (Å²) in [5.41, 5.74) is 3.44. The van der Waals surface area contributed by atoms with E-state index in [0.717, 1.165) is 28.7 Å². The van der Waals surface area contributed by atoms with Crippen LogP contribution in [0, 0.1) is 0 Å². The quantitative estimate of drug-likeness (QED) is 0.624. The van der Waals surface area contributed by atoms with Gasteiger partial charge in [-0.25, -0.2) is 9.59 Å². The van der Waals surface area contributed by atoms with Crippen molar-refractivity contribution in [2.75, 3.05) is 13.2 Å². The summed E-state index contributed by atoms with van der Waals surface area (Å²) in [5.74, 6) is -1.56. The van der Waals surface area contributed by atoms with Crippen LogP contribution in [0.4, 0.5) is 4.79 Å². The number of aliphatic carboxylic acids is 1. The summed E-state index contributed by atoms with van der Waals surface area (Å²) in [6.07, 6.45) is 0.456. The highest BCUT2D eigenvalue weighted by atomic mass is 16.5. The first-order valence-electron chi connectivity index (χ1n) is 11.3. The maximum absolute atomic E-state index is 13.0. The molecule has 33 heavy (non-hydrogen) atoms. The minimum Gasteiger partial charge on any atom is -0.479 e. The molecule has 3 N–H and O–H groups in total. The van der Waals surface area contributed by atoms with Gasteiger partial charge in [-0.15, -0.1) is 0 Å². The van der Waals surface area contributed by atoms with Gasteiger partial charge in [0.15, 0.2) is 6.10 Å². The molecule has 2 fully saturated rings. The van der Waals surface area contributed by atoms with Crippen molar-refractivity contribution in [3.63, 3.8) is 0 Å². The average molecular weight is 450 g/mol. The topological polar surface area (TPSA) is 114 Å². The fraction of sp³-hybridized carbons (Fsp3) is 0.400. The molecule has 0 aromatic heterocycles. The SMILES string of the molecule is O=C(NC1(C(=O)N[C@H]2CCO[C@H]2C(=O)O)CCC1)OCC1c2ccccc2-c2ccccc21. The van der Waals surface area contributed by atoms with E-state index in [1.807, 2.05) is 36.4 Å². The number of amides is 2. The Bertz CT molecular complexity index is 1050. The van der Waals surface area contributed by atoms with Crippen molar-refractivity contribution in [2.24, 2.45) is 0 Å². The summed E-state index contributed by atoms with van der Waals surface area (Å²) in [5, 5.41) is 14.8. The van der Waals surface area contributed by atoms with Gasteiger partial charge in [0.2, 0.25) is 5.91 Å². The Kier molecular flexibility index (Phi) is 5.54. The van der Waals surface area contributed by atoms with Gasteiger partial charge < -0.3 is 25.2 Å². The second-order valence-electron chi connectivity index (χ2n) is 8.88. The van der Waals surface area contributed by atoms with Crippen LogP contribution in [0.3, 0.4) is 0 Å². The Morgan fingerprint density at radius 3 is 2.24 bits per heavy atom. The molecule has 8 nitrogen and oxygen atoms in total. The van der Waals surface area contributed by atoms with Crippen molar-refractivity contribution < 1.29 is 29.0 Å². The third kappa shape index (κ3) is 3.84. The summed E-state index contributed by atoms with van der Waals surface area (Å²) < 4.78 is 10.8. The van der Waals surface area contributed by atoms with E-state index in [1.54, 1.807) is 0 Å². The van der Waals surface area contributed by atoms with Crippen molar-refractivity contribution in [3.8, 4) is 11.1 Å². The maximum Gasteiger partial charge on any atom is 0.408 e. The predicted molar refractivity (Wildman–Crippen MR) is 119 cm³/mol. The highest BCUT2D eigenvalue weighted by Gasteiger charge is 2.48. The maximum atomic E-state index is 13.0. The number of alkyl carbamates (subject to hydrolysis) is 1. The number of benzene rings is 2. The average Bonchev–Trinajstić information content (AvgIpc) is 3.37. The monoisotopic (exact) mass is 450 g/mol. The first-order valence-corrected chi connectivity index (χ1v) is 11.3. The number of carbonyl (C=O) groups is 3. The van der Waals surface area contributed by atoms with E-state index in [0.29, 0.717) is 19.3 Å². The van der Waals surface area contributed by atoms with Crippen LogP contribution in [-0.2, 0) is 19.1 Å². The van der Waals surface area contributed by atoms with Gasteiger partial charge in [-0.2, -0.15) is 0 Å². The Labute approximate surface area is 191 Å². The number of rotatable bonds is 6. The van der Waals surface area contributed by atoms with E-state index in [2.05, 4.69) is 22.8 Å². The van der Waals surface area contributed by atoms with E-state index in [1.165, 1.54) is 0 Å². The number of hydrogen-bond donors (Lipinski definition) is 3. The Morgan fingerprint density at radius 2 is 1.67 bits per heavy atom. The van der Waals surface area contributed by atoms with Gasteiger partial charge >= 0.3 is 12.1 Å². The fourth-order valence-corrected chi connectivity index (χ4v) is 5.06. The van der Waals surface area contributed by atoms with Crippen molar-refractivity contribution in [1.82, 2.24) is 10.6 Å². The molecule has 2 atom stereocenters. The molecule has 1 saturated heterocycles. The first-order chi connectivity index (χ1) is 16.0. The van der Waals surface area contributed by atoms with Crippen molar-refractivity contribution in [3.05, 3.63) is 59.7 Å². The number of hydrogen-bond acceptors (Lipinski definition) is 5. The predicted octanol–water partition coefficient (Wildman–Crippen LogP) is 2.81. The summed E-state index contributed by atoms with van der Waals surface area (Å²) in [7, 11) is 0. The molecular formula is C25H26N2O6. The van der Waals surface area contributed by atoms with Crippen LogP contribution in [0.2, 0.25) is 0 Å². The standard InChI is InChI=1S/C25H26N2O6/c28-22(29)21-20(10-13-32-21)26-23(30)25(11-5-12-25)27-24(31)33-14-19-17-8-3-1-6-15(17)16-7-2-4-9-18(16)19/h1-4,6-9,19-21H,5,10-14H2,(H,26,30)(H,27,31)(H,28,29)/t20-,21+/m0/s1. The zero-order valence-electron chi connectivity index (χ0n) is 18.1. The third-order valence-corrected chi connectivity index (χ3v) is 6.98. The van der Waals surface area contributed by atoms with Gasteiger partial charge in [0, 0.05) is 12.5 Å². The number of carboxylic acid groups (broad SMARTS) is 1. The lowest BCUT2D eigenvalue weighted by Crippen LogP contribution is -2.65. The molecule has 8 heteroatoms. The van der Waals surface area contributed by atoms with Gasteiger partial charge in [-0.3, -0.25) is 4.79 Å². The number of carboxylic acids is 1. The largest absolute Gasteiger partial charge is 0.479 e. The molecule has 2 aromatic rings. The normalized spacial score (nSPS) is 22.5. The minimum absolute atomic E-state index is 0.0683. The lowest BCUT2D eigenvalue weighted by atomic mass is 9.76. The van der Waals surface area contributed by atoms with Gasteiger partial charge in [0.1, 0.15) is 12.1 Å². The van der Waals surface area contributed by atoms with Crippen molar-refractivity contribution in [1.29, 1.82) is 0 Å². The van der Waals surface area contributed by atoms with E-state index in [9.17, 15) is 19.5 Å². The third-order valence-electron chi connectivity index (χ3n) is 6.98. The summed E-state index contributed by atoms with van der Waals surface area (Å²) in [6, 6.07) is 15.6. The van der Waals surface area contributed by atoms with E-state index in [4.69, 9.17) is 9.47 Å². The fourth-order valence-electron chi connectivity index (χ4n) is 5.06. The molecule has 1 aliphatic heterocycles. The summed E-state index contributed by atoms with van der Waals surface area (Å²) in [4.78, 5) is 37.0. The zero-order chi connectivity index (χ0) is 23.0. The number of nitrogens with one attached hydrogen (secondary N) is 2. The van der Waals surface area contributed by atoms with Crippen LogP contribution in [0.15, 0.2) is 48.5 Å². The van der Waals surface area contributed by atoms with Gasteiger partial charge in [0.25, 0.3) is 0 Å². The summed E-state index contributed by atoms with van der Waals surface area (Å²) >= 11 is 0. The smallest absolute Gasteiger partial charge is 0.408 e. The molecule has 2 aliphatic carbocycles. The zero-order valence-corrected chi connectivity index (χ0v) is 18.1. The van der Waals surface area contributed by atoms with Crippen LogP contribution in [0.5, 0.6) is 0 Å². The molecule has 1 heterocycles. The lowest BCUT2D eigenvalue weighted by Gasteiger charge is -2.41. The molecule has 3 aliphatic rings. The van der Waals surface area contributed by atoms with Crippen LogP contribution >= 0.6 is 0 Å². The number of fused-ring (bicyclic) bond motifs is 3. The second kappa shape index (κ2) is 8.51. The van der Waals surface area contributed by atoms with E-state index < -0.39 is 29.7 Å².